The summed E-state index contributed by atoms with van der Waals surface area (Å²) in [4.78, 5) is 0. The van der Waals surface area contributed by atoms with Crippen molar-refractivity contribution in [2.75, 3.05) is 0 Å². The minimum absolute atomic E-state index is 0.740. The number of fused-ring (bicyclic) bond motifs is 1. The van der Waals surface area contributed by atoms with Gasteiger partial charge in [0.2, 0.25) is 0 Å². The molecule has 0 amide bonds. The third kappa shape index (κ3) is 1.71. The largest absolute Gasteiger partial charge is 0.286 e. The number of rotatable bonds is 1. The smallest absolute Gasteiger partial charge is 0.280 e. The molecule has 0 saturated heterocycles. The van der Waals surface area contributed by atoms with Crippen LogP contribution in [0.25, 0.3) is 0 Å². The van der Waals surface area contributed by atoms with E-state index in [4.69, 9.17) is 17.3 Å². The van der Waals surface area contributed by atoms with E-state index in [0.29, 0.717) is 0 Å². The maximum atomic E-state index is 6.17. The predicted molar refractivity (Wildman–Crippen MR) is 69.8 cm³/mol. The van der Waals surface area contributed by atoms with Gasteiger partial charge in [-0.3, -0.25) is 5.73 Å². The van der Waals surface area contributed by atoms with Crippen LogP contribution in [0, 0.1) is 0 Å². The molecular formula is C14H12ClN2+. The molecule has 2 N–H and O–H groups in total. The number of hydrogen-bond donors (Lipinski definition) is 1. The molecule has 0 unspecified atom stereocenters. The first-order valence-electron chi connectivity index (χ1n) is 5.49. The van der Waals surface area contributed by atoms with E-state index in [0.717, 1.165) is 28.7 Å². The Morgan fingerprint density at radius 3 is 2.41 bits per heavy atom. The second-order valence-corrected chi connectivity index (χ2v) is 4.54. The fraction of sp³-hybridized carbons (Fsp3) is 0.0714. The van der Waals surface area contributed by atoms with Gasteiger partial charge in [-0.2, -0.15) is 0 Å². The van der Waals surface area contributed by atoms with Gasteiger partial charge in [-0.05, 0) is 30.3 Å². The topological polar surface area (TPSA) is 29.0 Å². The van der Waals surface area contributed by atoms with Crippen LogP contribution in [0.4, 0.5) is 5.69 Å². The molecule has 1 heterocycles. The Hall–Kier alpha value is -1.80. The van der Waals surface area contributed by atoms with Crippen molar-refractivity contribution < 1.29 is 4.58 Å². The van der Waals surface area contributed by atoms with Gasteiger partial charge in [-0.25, -0.2) is 4.58 Å². The Labute approximate surface area is 105 Å². The monoisotopic (exact) mass is 243 g/mol. The highest BCUT2D eigenvalue weighted by atomic mass is 35.5. The second kappa shape index (κ2) is 3.90. The minimum atomic E-state index is 0.740. The van der Waals surface area contributed by atoms with Crippen molar-refractivity contribution in [3.8, 4) is 0 Å². The van der Waals surface area contributed by atoms with Gasteiger partial charge >= 0.3 is 0 Å². The van der Waals surface area contributed by atoms with Gasteiger partial charge in [0.15, 0.2) is 0 Å². The van der Waals surface area contributed by atoms with Gasteiger partial charge < -0.3 is 0 Å². The average Bonchev–Trinajstić information content (AvgIpc) is 2.69. The van der Waals surface area contributed by atoms with Crippen LogP contribution in [-0.2, 0) is 6.54 Å². The van der Waals surface area contributed by atoms with E-state index in [-0.39, 0.29) is 0 Å². The van der Waals surface area contributed by atoms with Gasteiger partial charge in [0, 0.05) is 10.6 Å². The van der Waals surface area contributed by atoms with Crippen molar-refractivity contribution in [2.24, 2.45) is 5.73 Å². The van der Waals surface area contributed by atoms with Crippen LogP contribution >= 0.6 is 11.6 Å². The van der Waals surface area contributed by atoms with E-state index in [1.165, 1.54) is 5.56 Å². The highest BCUT2D eigenvalue weighted by Crippen LogP contribution is 2.24. The zero-order valence-corrected chi connectivity index (χ0v) is 9.98. The molecule has 1 aliphatic rings. The van der Waals surface area contributed by atoms with Crippen molar-refractivity contribution in [1.29, 1.82) is 0 Å². The van der Waals surface area contributed by atoms with E-state index < -0.39 is 0 Å². The average molecular weight is 244 g/mol. The molecule has 2 nitrogen and oxygen atoms in total. The van der Waals surface area contributed by atoms with Crippen molar-refractivity contribution in [2.45, 2.75) is 6.54 Å². The van der Waals surface area contributed by atoms with Gasteiger partial charge in [-0.1, -0.05) is 29.8 Å². The summed E-state index contributed by atoms with van der Waals surface area (Å²) in [6, 6.07) is 16.0. The summed E-state index contributed by atoms with van der Waals surface area (Å²) in [5.74, 6) is 0.808. The molecule has 0 aromatic heterocycles. The quantitative estimate of drug-likeness (QED) is 0.767. The van der Waals surface area contributed by atoms with Crippen LogP contribution in [0.15, 0.2) is 48.5 Å². The summed E-state index contributed by atoms with van der Waals surface area (Å²) in [5.41, 5.74) is 9.63. The zero-order valence-electron chi connectivity index (χ0n) is 9.23. The summed E-state index contributed by atoms with van der Waals surface area (Å²) in [6.07, 6.45) is 0. The summed E-state index contributed by atoms with van der Waals surface area (Å²) in [6.45, 7) is 0.823. The minimum Gasteiger partial charge on any atom is -0.286 e. The summed E-state index contributed by atoms with van der Waals surface area (Å²) in [7, 11) is 0. The van der Waals surface area contributed by atoms with Gasteiger partial charge in [0.05, 0.1) is 5.56 Å². The number of benzene rings is 2. The SMILES string of the molecule is NC1=[N+](c2ccc(Cl)cc2)Cc2ccccc21. The number of nitrogens with two attached hydrogens (primary N) is 1. The predicted octanol–water partition coefficient (Wildman–Crippen LogP) is 2.90. The second-order valence-electron chi connectivity index (χ2n) is 4.10. The van der Waals surface area contributed by atoms with Gasteiger partial charge in [0.25, 0.3) is 5.84 Å². The fourth-order valence-electron chi connectivity index (χ4n) is 2.16. The van der Waals surface area contributed by atoms with Gasteiger partial charge in [0.1, 0.15) is 12.2 Å². The molecule has 1 aliphatic heterocycles. The first-order chi connectivity index (χ1) is 8.25. The zero-order chi connectivity index (χ0) is 11.8. The molecule has 0 saturated carbocycles. The molecule has 0 radical (unpaired) electrons. The third-order valence-corrected chi connectivity index (χ3v) is 3.30. The Bertz CT molecular complexity index is 600. The van der Waals surface area contributed by atoms with Crippen LogP contribution < -0.4 is 5.73 Å². The van der Waals surface area contributed by atoms with Crippen LogP contribution in [0.2, 0.25) is 5.02 Å². The van der Waals surface area contributed by atoms with Crippen molar-refractivity contribution in [1.82, 2.24) is 0 Å². The molecule has 2 aromatic rings. The first-order valence-corrected chi connectivity index (χ1v) is 5.87. The van der Waals surface area contributed by atoms with E-state index in [2.05, 4.69) is 16.7 Å². The lowest BCUT2D eigenvalue weighted by Gasteiger charge is -2.02. The normalized spacial score (nSPS) is 13.9. The van der Waals surface area contributed by atoms with E-state index in [1.807, 2.05) is 36.4 Å². The summed E-state index contributed by atoms with van der Waals surface area (Å²) < 4.78 is 2.10. The lowest BCUT2D eigenvalue weighted by Crippen LogP contribution is -2.19. The Balaban J connectivity index is 2.08. The molecule has 0 bridgehead atoms. The lowest BCUT2D eigenvalue weighted by molar-refractivity contribution is -0.453. The molecule has 0 aliphatic carbocycles. The van der Waals surface area contributed by atoms with Crippen LogP contribution in [0.3, 0.4) is 0 Å². The highest BCUT2D eigenvalue weighted by Gasteiger charge is 2.24. The van der Waals surface area contributed by atoms with Crippen LogP contribution in [-0.4, -0.2) is 10.4 Å². The van der Waals surface area contributed by atoms with Crippen molar-refractivity contribution >= 4 is 23.1 Å². The van der Waals surface area contributed by atoms with E-state index in [1.54, 1.807) is 0 Å². The number of amidine groups is 1. The highest BCUT2D eigenvalue weighted by molar-refractivity contribution is 6.30. The molecule has 84 valence electrons. The molecule has 0 fully saturated rings. The molecular weight excluding hydrogens is 232 g/mol. The molecule has 2 aromatic carbocycles. The first kappa shape index (κ1) is 10.4. The molecule has 0 atom stereocenters. The Morgan fingerprint density at radius 2 is 1.71 bits per heavy atom. The maximum Gasteiger partial charge on any atom is 0.280 e. The fourth-order valence-corrected chi connectivity index (χ4v) is 2.29. The van der Waals surface area contributed by atoms with Crippen molar-refractivity contribution in [3.63, 3.8) is 0 Å². The van der Waals surface area contributed by atoms with Gasteiger partial charge in [-0.15, -0.1) is 0 Å². The maximum absolute atomic E-state index is 6.17. The molecule has 0 spiro atoms. The standard InChI is InChI=1S/C14H11ClN2/c15-11-5-7-12(8-6-11)17-9-10-3-1-2-4-13(10)14(17)16/h1-8,16H,9H2/p+1. The van der Waals surface area contributed by atoms with Crippen molar-refractivity contribution in [3.05, 3.63) is 64.7 Å². The van der Waals surface area contributed by atoms with Crippen LogP contribution in [0.5, 0.6) is 0 Å². The number of halogens is 1. The summed E-state index contributed by atoms with van der Waals surface area (Å²) >= 11 is 5.89. The Kier molecular flexibility index (Phi) is 2.37. The van der Waals surface area contributed by atoms with E-state index >= 15 is 0 Å². The molecule has 3 heteroatoms. The molecule has 3 rings (SSSR count). The third-order valence-electron chi connectivity index (χ3n) is 3.05. The molecule has 17 heavy (non-hydrogen) atoms. The lowest BCUT2D eigenvalue weighted by atomic mass is 10.1. The summed E-state index contributed by atoms with van der Waals surface area (Å²) in [5, 5.41) is 0.740. The number of nitrogens with zero attached hydrogens (tertiary/aromatic N) is 1. The Morgan fingerprint density at radius 1 is 1.00 bits per heavy atom. The number of hydrogen-bond acceptors (Lipinski definition) is 1. The van der Waals surface area contributed by atoms with E-state index in [9.17, 15) is 0 Å². The van der Waals surface area contributed by atoms with Crippen LogP contribution in [0.1, 0.15) is 11.1 Å².